The maximum atomic E-state index is 13.2. The zero-order valence-corrected chi connectivity index (χ0v) is 11.6. The van der Waals surface area contributed by atoms with Crippen molar-refractivity contribution in [3.05, 3.63) is 23.6 Å². The zero-order chi connectivity index (χ0) is 13.1. The normalized spacial score (nSPS) is 19.8. The molecule has 1 unspecified atom stereocenters. The molecule has 1 atom stereocenters. The first-order valence-electron chi connectivity index (χ1n) is 6.23. The van der Waals surface area contributed by atoms with Crippen molar-refractivity contribution in [1.82, 2.24) is 9.88 Å². The summed E-state index contributed by atoms with van der Waals surface area (Å²) in [5.41, 5.74) is 0.780. The fraction of sp³-hybridized carbons (Fsp3) is 0.615. The Labute approximate surface area is 113 Å². The summed E-state index contributed by atoms with van der Waals surface area (Å²) in [6, 6.07) is 1.93. The lowest BCUT2D eigenvalue weighted by Gasteiger charge is -2.29. The third-order valence-electron chi connectivity index (χ3n) is 3.28. The standard InChI is InChI=1S/C13H19ClFN3/c1-17(2)9-12-4-3-5-18(12)13-10(7-14)6-11(15)8-16-13/h6,8,12H,3-5,7,9H2,1-2H3. The van der Waals surface area contributed by atoms with E-state index in [1.165, 1.54) is 12.3 Å². The summed E-state index contributed by atoms with van der Waals surface area (Å²) in [6.07, 6.45) is 3.58. The van der Waals surface area contributed by atoms with Gasteiger partial charge in [-0.3, -0.25) is 0 Å². The van der Waals surface area contributed by atoms with E-state index in [-0.39, 0.29) is 5.82 Å². The smallest absolute Gasteiger partial charge is 0.141 e. The van der Waals surface area contributed by atoms with Crippen LogP contribution in [0.25, 0.3) is 0 Å². The number of rotatable bonds is 4. The van der Waals surface area contributed by atoms with Crippen LogP contribution >= 0.6 is 11.6 Å². The van der Waals surface area contributed by atoms with E-state index in [2.05, 4.69) is 28.9 Å². The van der Waals surface area contributed by atoms with Crippen molar-refractivity contribution >= 4 is 17.4 Å². The molecule has 3 nitrogen and oxygen atoms in total. The molecule has 1 aliphatic rings. The first-order valence-corrected chi connectivity index (χ1v) is 6.77. The van der Waals surface area contributed by atoms with Crippen molar-refractivity contribution in [2.24, 2.45) is 0 Å². The second-order valence-electron chi connectivity index (χ2n) is 5.02. The summed E-state index contributed by atoms with van der Waals surface area (Å²) in [4.78, 5) is 8.67. The summed E-state index contributed by atoms with van der Waals surface area (Å²) in [7, 11) is 4.13. The van der Waals surface area contributed by atoms with Gasteiger partial charge in [0.1, 0.15) is 11.6 Å². The Kier molecular flexibility index (Phi) is 4.40. The Morgan fingerprint density at radius 2 is 2.33 bits per heavy atom. The fourth-order valence-electron chi connectivity index (χ4n) is 2.56. The largest absolute Gasteiger partial charge is 0.352 e. The van der Waals surface area contributed by atoms with Gasteiger partial charge >= 0.3 is 0 Å². The maximum Gasteiger partial charge on any atom is 0.141 e. The van der Waals surface area contributed by atoms with Crippen LogP contribution in [-0.4, -0.2) is 43.1 Å². The van der Waals surface area contributed by atoms with Crippen molar-refractivity contribution in [2.45, 2.75) is 24.8 Å². The predicted molar refractivity (Wildman–Crippen MR) is 72.7 cm³/mol. The van der Waals surface area contributed by atoms with Gasteiger partial charge in [-0.25, -0.2) is 9.37 Å². The summed E-state index contributed by atoms with van der Waals surface area (Å²) in [5, 5.41) is 0. The van der Waals surface area contributed by atoms with E-state index in [1.54, 1.807) is 0 Å². The van der Waals surface area contributed by atoms with Gasteiger partial charge in [0.05, 0.1) is 12.1 Å². The van der Waals surface area contributed by atoms with Gasteiger partial charge in [0.2, 0.25) is 0 Å². The quantitative estimate of drug-likeness (QED) is 0.785. The SMILES string of the molecule is CN(C)CC1CCCN1c1ncc(F)cc1CCl. The number of anilines is 1. The van der Waals surface area contributed by atoms with Crippen LogP contribution in [0.15, 0.2) is 12.3 Å². The van der Waals surface area contributed by atoms with Gasteiger partial charge in [-0.05, 0) is 33.0 Å². The highest BCUT2D eigenvalue weighted by Gasteiger charge is 2.27. The van der Waals surface area contributed by atoms with Crippen LogP contribution in [0.5, 0.6) is 0 Å². The van der Waals surface area contributed by atoms with Crippen LogP contribution in [0, 0.1) is 5.82 Å². The number of nitrogens with zero attached hydrogens (tertiary/aromatic N) is 3. The average Bonchev–Trinajstić information content (AvgIpc) is 2.76. The molecule has 1 aliphatic heterocycles. The summed E-state index contributed by atoms with van der Waals surface area (Å²) in [5.74, 6) is 0.819. The lowest BCUT2D eigenvalue weighted by Crippen LogP contribution is -2.38. The van der Waals surface area contributed by atoms with Gasteiger partial charge in [0.15, 0.2) is 0 Å². The van der Waals surface area contributed by atoms with Crippen LogP contribution in [0.3, 0.4) is 0 Å². The molecule has 18 heavy (non-hydrogen) atoms. The topological polar surface area (TPSA) is 19.4 Å². The second-order valence-corrected chi connectivity index (χ2v) is 5.29. The number of halogens is 2. The summed E-state index contributed by atoms with van der Waals surface area (Å²) < 4.78 is 13.2. The Morgan fingerprint density at radius 1 is 1.56 bits per heavy atom. The number of hydrogen-bond donors (Lipinski definition) is 0. The van der Waals surface area contributed by atoms with Crippen molar-refractivity contribution < 1.29 is 4.39 Å². The minimum atomic E-state index is -0.322. The van der Waals surface area contributed by atoms with Crippen molar-refractivity contribution in [3.8, 4) is 0 Å². The number of pyridine rings is 1. The molecular formula is C13H19ClFN3. The molecule has 0 spiro atoms. The van der Waals surface area contributed by atoms with Gasteiger partial charge in [0.25, 0.3) is 0 Å². The molecule has 100 valence electrons. The van der Waals surface area contributed by atoms with Crippen LogP contribution in [-0.2, 0) is 5.88 Å². The van der Waals surface area contributed by atoms with Gasteiger partial charge in [-0.15, -0.1) is 11.6 Å². The van der Waals surface area contributed by atoms with E-state index >= 15 is 0 Å². The third-order valence-corrected chi connectivity index (χ3v) is 3.57. The lowest BCUT2D eigenvalue weighted by atomic mass is 10.2. The van der Waals surface area contributed by atoms with E-state index in [4.69, 9.17) is 11.6 Å². The highest BCUT2D eigenvalue weighted by Crippen LogP contribution is 2.28. The Bertz CT molecular complexity index is 411. The number of likely N-dealkylation sites (N-methyl/N-ethyl adjacent to an activating group) is 1. The summed E-state index contributed by atoms with van der Waals surface area (Å²) >= 11 is 5.89. The average molecular weight is 272 g/mol. The van der Waals surface area contributed by atoms with Crippen molar-refractivity contribution in [3.63, 3.8) is 0 Å². The van der Waals surface area contributed by atoms with Gasteiger partial charge < -0.3 is 9.80 Å². The highest BCUT2D eigenvalue weighted by atomic mass is 35.5. The third kappa shape index (κ3) is 2.93. The van der Waals surface area contributed by atoms with E-state index < -0.39 is 0 Å². The van der Waals surface area contributed by atoms with Crippen LogP contribution in [0.1, 0.15) is 18.4 Å². The van der Waals surface area contributed by atoms with Crippen LogP contribution in [0.4, 0.5) is 10.2 Å². The van der Waals surface area contributed by atoms with Gasteiger partial charge in [-0.1, -0.05) is 0 Å². The molecule has 1 fully saturated rings. The van der Waals surface area contributed by atoms with E-state index in [9.17, 15) is 4.39 Å². The first kappa shape index (κ1) is 13.6. The second kappa shape index (κ2) is 5.85. The van der Waals surface area contributed by atoms with Gasteiger partial charge in [-0.2, -0.15) is 0 Å². The molecule has 0 saturated carbocycles. The number of alkyl halides is 1. The van der Waals surface area contributed by atoms with Crippen LogP contribution in [0.2, 0.25) is 0 Å². The Hall–Kier alpha value is -0.870. The van der Waals surface area contributed by atoms with E-state index in [0.717, 1.165) is 37.3 Å². The van der Waals surface area contributed by atoms with Gasteiger partial charge in [0, 0.05) is 24.7 Å². The molecule has 1 aromatic rings. The molecule has 0 radical (unpaired) electrons. The van der Waals surface area contributed by atoms with Crippen LogP contribution < -0.4 is 4.90 Å². The zero-order valence-electron chi connectivity index (χ0n) is 10.9. The lowest BCUT2D eigenvalue weighted by molar-refractivity contribution is 0.371. The first-order chi connectivity index (χ1) is 8.61. The fourth-order valence-corrected chi connectivity index (χ4v) is 2.75. The number of aromatic nitrogens is 1. The molecule has 2 rings (SSSR count). The molecule has 0 aromatic carbocycles. The Morgan fingerprint density at radius 3 is 3.00 bits per heavy atom. The highest BCUT2D eigenvalue weighted by molar-refractivity contribution is 6.17. The molecule has 2 heterocycles. The monoisotopic (exact) mass is 271 g/mol. The minimum absolute atomic E-state index is 0.297. The maximum absolute atomic E-state index is 13.2. The molecule has 1 saturated heterocycles. The molecule has 0 aliphatic carbocycles. The predicted octanol–water partition coefficient (Wildman–Crippen LogP) is 2.49. The minimum Gasteiger partial charge on any atom is -0.352 e. The molecule has 0 amide bonds. The summed E-state index contributed by atoms with van der Waals surface area (Å²) in [6.45, 7) is 1.96. The molecule has 1 aromatic heterocycles. The van der Waals surface area contributed by atoms with Crippen molar-refractivity contribution in [2.75, 3.05) is 32.1 Å². The molecule has 0 bridgehead atoms. The number of hydrogen-bond acceptors (Lipinski definition) is 3. The molecule has 0 N–H and O–H groups in total. The van der Waals surface area contributed by atoms with E-state index in [1.807, 2.05) is 0 Å². The Balaban J connectivity index is 2.24. The molecular weight excluding hydrogens is 253 g/mol. The van der Waals surface area contributed by atoms with E-state index in [0.29, 0.717) is 11.9 Å². The van der Waals surface area contributed by atoms with Crippen molar-refractivity contribution in [1.29, 1.82) is 0 Å². The molecule has 5 heteroatoms.